The summed E-state index contributed by atoms with van der Waals surface area (Å²) < 4.78 is 0. The number of rotatable bonds is 3. The van der Waals surface area contributed by atoms with Crippen molar-refractivity contribution in [3.63, 3.8) is 0 Å². The smallest absolute Gasteiger partial charge is 0.0556 e. The summed E-state index contributed by atoms with van der Waals surface area (Å²) in [4.78, 5) is 0. The fraction of sp³-hybridized carbons (Fsp3) is 0.417. The van der Waals surface area contributed by atoms with Crippen LogP contribution in [-0.4, -0.2) is 6.54 Å². The van der Waals surface area contributed by atoms with Crippen molar-refractivity contribution in [2.45, 2.75) is 27.2 Å². The van der Waals surface area contributed by atoms with Gasteiger partial charge in [0.05, 0.1) is 6.54 Å². The van der Waals surface area contributed by atoms with Gasteiger partial charge < -0.3 is 5.32 Å². The lowest BCUT2D eigenvalue weighted by Gasteiger charge is -2.10. The van der Waals surface area contributed by atoms with E-state index in [1.54, 1.807) is 0 Å². The highest BCUT2D eigenvalue weighted by Crippen LogP contribution is 2.16. The molecule has 1 nitrogen and oxygen atoms in total. The van der Waals surface area contributed by atoms with E-state index in [1.165, 1.54) is 22.3 Å². The summed E-state index contributed by atoms with van der Waals surface area (Å²) >= 11 is 0. The van der Waals surface area contributed by atoms with Gasteiger partial charge in [0.1, 0.15) is 0 Å². The number of hydrogen-bond donors (Lipinski definition) is 1. The Morgan fingerprint density at radius 3 is 2.15 bits per heavy atom. The van der Waals surface area contributed by atoms with Crippen LogP contribution in [-0.2, 0) is 6.42 Å². The van der Waals surface area contributed by atoms with Crippen molar-refractivity contribution in [2.24, 2.45) is 0 Å². The summed E-state index contributed by atoms with van der Waals surface area (Å²) in [5.41, 5.74) is 5.68. The van der Waals surface area contributed by atoms with E-state index in [1.807, 2.05) is 5.32 Å². The molecule has 0 spiro atoms. The van der Waals surface area contributed by atoms with Crippen molar-refractivity contribution in [1.82, 2.24) is 0 Å². The van der Waals surface area contributed by atoms with Crippen molar-refractivity contribution in [3.8, 4) is 0 Å². The Kier molecular flexibility index (Phi) is 3.49. The van der Waals surface area contributed by atoms with Gasteiger partial charge in [-0.05, 0) is 37.5 Å². The van der Waals surface area contributed by atoms with Crippen LogP contribution in [0.1, 0.15) is 22.3 Å². The van der Waals surface area contributed by atoms with E-state index in [2.05, 4.69) is 40.0 Å². The van der Waals surface area contributed by atoms with Gasteiger partial charge in [0.25, 0.3) is 0 Å². The van der Waals surface area contributed by atoms with Crippen LogP contribution in [0.2, 0.25) is 0 Å². The first-order valence-electron chi connectivity index (χ1n) is 4.82. The summed E-state index contributed by atoms with van der Waals surface area (Å²) in [6.45, 7) is 7.61. The third kappa shape index (κ3) is 2.56. The molecule has 1 aromatic carbocycles. The van der Waals surface area contributed by atoms with Crippen molar-refractivity contribution in [1.29, 1.82) is 0 Å². The van der Waals surface area contributed by atoms with Crippen LogP contribution in [0, 0.1) is 27.8 Å². The molecule has 13 heavy (non-hydrogen) atoms. The maximum absolute atomic E-state index is 3.75. The van der Waals surface area contributed by atoms with Gasteiger partial charge in [-0.15, -0.1) is 0 Å². The predicted molar refractivity (Wildman–Crippen MR) is 56.5 cm³/mol. The number of quaternary nitrogens is 1. The Morgan fingerprint density at radius 2 is 1.69 bits per heavy atom. The van der Waals surface area contributed by atoms with Gasteiger partial charge in [0.15, 0.2) is 0 Å². The normalized spacial score (nSPS) is 10.5. The predicted octanol–water partition coefficient (Wildman–Crippen LogP) is 1.51. The van der Waals surface area contributed by atoms with Crippen LogP contribution in [0.25, 0.3) is 0 Å². The Bertz CT molecular complexity index is 266. The third-order valence-corrected chi connectivity index (χ3v) is 2.44. The van der Waals surface area contributed by atoms with E-state index in [4.69, 9.17) is 0 Å². The lowest BCUT2D eigenvalue weighted by Crippen LogP contribution is -2.77. The Labute approximate surface area is 81.2 Å². The summed E-state index contributed by atoms with van der Waals surface area (Å²) in [5.74, 6) is 0. The maximum Gasteiger partial charge on any atom is 0.0556 e. The van der Waals surface area contributed by atoms with E-state index in [0.29, 0.717) is 0 Å². The van der Waals surface area contributed by atoms with Crippen molar-refractivity contribution >= 4 is 0 Å². The SMILES string of the molecule is [CH2-][NH2+]CCc1c(C)cc(C)cc1C. The summed E-state index contributed by atoms with van der Waals surface area (Å²) in [6, 6.07) is 4.51. The van der Waals surface area contributed by atoms with Gasteiger partial charge >= 0.3 is 0 Å². The van der Waals surface area contributed by atoms with Gasteiger partial charge in [-0.2, -0.15) is 7.05 Å². The van der Waals surface area contributed by atoms with E-state index in [-0.39, 0.29) is 0 Å². The lowest BCUT2D eigenvalue weighted by atomic mass is 9.97. The van der Waals surface area contributed by atoms with E-state index in [9.17, 15) is 0 Å². The summed E-state index contributed by atoms with van der Waals surface area (Å²) in [6.07, 6.45) is 1.13. The fourth-order valence-corrected chi connectivity index (χ4v) is 1.85. The zero-order valence-electron chi connectivity index (χ0n) is 8.85. The van der Waals surface area contributed by atoms with Gasteiger partial charge in [-0.1, -0.05) is 17.7 Å². The molecule has 0 aliphatic rings. The van der Waals surface area contributed by atoms with Gasteiger partial charge in [0.2, 0.25) is 0 Å². The molecule has 1 aromatic rings. The van der Waals surface area contributed by atoms with Gasteiger partial charge in [0, 0.05) is 6.42 Å². The molecule has 0 saturated heterocycles. The minimum atomic E-state index is 1.07. The molecule has 0 fully saturated rings. The van der Waals surface area contributed by atoms with Crippen LogP contribution < -0.4 is 5.32 Å². The largest absolute Gasteiger partial charge is 0.479 e. The molecule has 0 atom stereocenters. The topological polar surface area (TPSA) is 16.6 Å². The Morgan fingerprint density at radius 1 is 1.15 bits per heavy atom. The molecule has 2 N–H and O–H groups in total. The Hall–Kier alpha value is -0.820. The molecule has 1 heteroatoms. The minimum Gasteiger partial charge on any atom is -0.479 e. The highest BCUT2D eigenvalue weighted by atomic mass is 14.8. The molecule has 0 aliphatic heterocycles. The molecular weight excluding hydrogens is 158 g/mol. The van der Waals surface area contributed by atoms with Crippen molar-refractivity contribution < 1.29 is 5.32 Å². The van der Waals surface area contributed by atoms with Crippen LogP contribution in [0.5, 0.6) is 0 Å². The zero-order valence-corrected chi connectivity index (χ0v) is 8.85. The van der Waals surface area contributed by atoms with Crippen molar-refractivity contribution in [3.05, 3.63) is 41.4 Å². The monoisotopic (exact) mass is 177 g/mol. The molecule has 0 heterocycles. The average Bonchev–Trinajstić information content (AvgIpc) is 2.02. The first kappa shape index (κ1) is 10.3. The molecule has 0 aliphatic carbocycles. The summed E-state index contributed by atoms with van der Waals surface area (Å²) in [5, 5.41) is 1.98. The second kappa shape index (κ2) is 4.43. The minimum absolute atomic E-state index is 1.07. The summed E-state index contributed by atoms with van der Waals surface area (Å²) in [7, 11) is 3.75. The van der Waals surface area contributed by atoms with E-state index < -0.39 is 0 Å². The first-order chi connectivity index (χ1) is 6.15. The molecule has 72 valence electrons. The van der Waals surface area contributed by atoms with Crippen molar-refractivity contribution in [2.75, 3.05) is 6.54 Å². The fourth-order valence-electron chi connectivity index (χ4n) is 1.85. The molecule has 0 bridgehead atoms. The van der Waals surface area contributed by atoms with Crippen LogP contribution in [0.3, 0.4) is 0 Å². The quantitative estimate of drug-likeness (QED) is 0.674. The van der Waals surface area contributed by atoms with Crippen LogP contribution in [0.15, 0.2) is 12.1 Å². The number of hydrogen-bond acceptors (Lipinski definition) is 0. The number of aryl methyl sites for hydroxylation is 3. The second-order valence-electron chi connectivity index (χ2n) is 3.70. The van der Waals surface area contributed by atoms with E-state index in [0.717, 1.165) is 13.0 Å². The molecule has 0 aromatic heterocycles. The number of benzene rings is 1. The molecule has 0 radical (unpaired) electrons. The Balaban J connectivity index is 2.92. The second-order valence-corrected chi connectivity index (χ2v) is 3.70. The molecule has 1 rings (SSSR count). The standard InChI is InChI=1S/C12H19N/c1-9-7-10(2)12(5-6-13-4)11(3)8-9/h7-8H,4-6,13H2,1-3H3. The molecule has 0 saturated carbocycles. The van der Waals surface area contributed by atoms with Gasteiger partial charge in [-0.25, -0.2) is 0 Å². The zero-order chi connectivity index (χ0) is 9.84. The first-order valence-corrected chi connectivity index (χ1v) is 4.82. The van der Waals surface area contributed by atoms with Crippen LogP contribution >= 0.6 is 0 Å². The molecular formula is C12H19N. The van der Waals surface area contributed by atoms with Crippen LogP contribution in [0.4, 0.5) is 0 Å². The number of nitrogens with two attached hydrogens (primary N) is 1. The van der Waals surface area contributed by atoms with Gasteiger partial charge in [-0.3, -0.25) is 0 Å². The third-order valence-electron chi connectivity index (χ3n) is 2.44. The van der Waals surface area contributed by atoms with E-state index >= 15 is 0 Å². The lowest BCUT2D eigenvalue weighted by molar-refractivity contribution is -0.594. The molecule has 0 unspecified atom stereocenters. The highest BCUT2D eigenvalue weighted by Gasteiger charge is 2.02. The average molecular weight is 177 g/mol. The molecule has 0 amide bonds. The maximum atomic E-state index is 3.75. The highest BCUT2D eigenvalue weighted by molar-refractivity contribution is 5.37.